The van der Waals surface area contributed by atoms with E-state index >= 15 is 0 Å². The number of likely N-dealkylation sites (tertiary alicyclic amines) is 2. The van der Waals surface area contributed by atoms with E-state index in [-0.39, 0.29) is 5.91 Å². The van der Waals surface area contributed by atoms with Crippen molar-refractivity contribution in [2.75, 3.05) is 40.0 Å². The van der Waals surface area contributed by atoms with Gasteiger partial charge in [0.05, 0.1) is 12.2 Å². The van der Waals surface area contributed by atoms with Crippen LogP contribution in [-0.4, -0.2) is 67.7 Å². The Hall–Kier alpha value is -1.59. The number of carbonyl (C=O) groups excluding carboxylic acids is 1. The highest BCUT2D eigenvalue weighted by Crippen LogP contribution is 2.32. The summed E-state index contributed by atoms with van der Waals surface area (Å²) in [6, 6.07) is 8.43. The number of ether oxygens (including phenoxy) is 2. The van der Waals surface area contributed by atoms with Gasteiger partial charge in [0.25, 0.3) is 5.91 Å². The van der Waals surface area contributed by atoms with Crippen LogP contribution in [0.2, 0.25) is 0 Å². The van der Waals surface area contributed by atoms with E-state index in [1.54, 1.807) is 7.11 Å². The first-order chi connectivity index (χ1) is 12.3. The highest BCUT2D eigenvalue weighted by Gasteiger charge is 2.39. The minimum atomic E-state index is 0.110. The molecule has 5 heteroatoms. The smallest absolute Gasteiger partial charge is 0.257 e. The van der Waals surface area contributed by atoms with Crippen molar-refractivity contribution < 1.29 is 14.3 Å². The number of para-hydroxylation sites is 1. The number of hydrogen-bond donors (Lipinski definition) is 0. The number of likely N-dealkylation sites (N-methyl/N-ethyl adjacent to an activating group) is 1. The molecule has 3 rings (SSSR count). The van der Waals surface area contributed by atoms with Gasteiger partial charge in [-0.2, -0.15) is 0 Å². The zero-order valence-electron chi connectivity index (χ0n) is 15.4. The lowest BCUT2D eigenvalue weighted by molar-refractivity contribution is 0.0643. The first kappa shape index (κ1) is 18.2. The van der Waals surface area contributed by atoms with E-state index in [0.29, 0.717) is 36.6 Å². The van der Waals surface area contributed by atoms with Gasteiger partial charge < -0.3 is 14.4 Å². The second-order valence-corrected chi connectivity index (χ2v) is 6.88. The summed E-state index contributed by atoms with van der Waals surface area (Å²) in [4.78, 5) is 17.9. The zero-order valence-corrected chi connectivity index (χ0v) is 15.4. The van der Waals surface area contributed by atoms with Gasteiger partial charge in [0, 0.05) is 25.7 Å². The Labute approximate surface area is 150 Å². The van der Waals surface area contributed by atoms with Gasteiger partial charge >= 0.3 is 0 Å². The third-order valence-corrected chi connectivity index (χ3v) is 5.49. The van der Waals surface area contributed by atoms with E-state index in [2.05, 4.69) is 16.7 Å². The second kappa shape index (κ2) is 8.68. The van der Waals surface area contributed by atoms with Crippen molar-refractivity contribution in [1.29, 1.82) is 0 Å². The minimum Gasteiger partial charge on any atom is -0.490 e. The lowest BCUT2D eigenvalue weighted by atomic mass is 10.0. The molecule has 0 spiro atoms. The van der Waals surface area contributed by atoms with Gasteiger partial charge in [-0.25, -0.2) is 0 Å². The molecular weight excluding hydrogens is 316 g/mol. The van der Waals surface area contributed by atoms with Gasteiger partial charge in [0.2, 0.25) is 0 Å². The monoisotopic (exact) mass is 346 g/mol. The molecular formula is C20H30N2O3. The van der Waals surface area contributed by atoms with Gasteiger partial charge in [0.15, 0.2) is 0 Å². The summed E-state index contributed by atoms with van der Waals surface area (Å²) < 4.78 is 10.8. The van der Waals surface area contributed by atoms with Crippen molar-refractivity contribution >= 4 is 5.91 Å². The molecule has 2 atom stereocenters. The molecule has 2 heterocycles. The van der Waals surface area contributed by atoms with Crippen molar-refractivity contribution in [1.82, 2.24) is 9.80 Å². The average molecular weight is 346 g/mol. The van der Waals surface area contributed by atoms with Crippen LogP contribution in [0.1, 0.15) is 43.0 Å². The molecule has 1 aromatic carbocycles. The fraction of sp³-hybridized carbons (Fsp3) is 0.650. The number of methoxy groups -OCH3 is 1. The van der Waals surface area contributed by atoms with Crippen LogP contribution in [-0.2, 0) is 4.74 Å². The molecule has 0 N–H and O–H groups in total. The molecule has 0 aliphatic carbocycles. The lowest BCUT2D eigenvalue weighted by Crippen LogP contribution is -2.48. The molecule has 25 heavy (non-hydrogen) atoms. The molecule has 0 aromatic heterocycles. The molecule has 1 aromatic rings. The largest absolute Gasteiger partial charge is 0.490 e. The highest BCUT2D eigenvalue weighted by atomic mass is 16.5. The van der Waals surface area contributed by atoms with Gasteiger partial charge in [-0.05, 0) is 50.9 Å². The average Bonchev–Trinajstić information content (AvgIpc) is 3.30. The third kappa shape index (κ3) is 3.98. The van der Waals surface area contributed by atoms with Crippen LogP contribution in [0.5, 0.6) is 5.75 Å². The Morgan fingerprint density at radius 3 is 2.68 bits per heavy atom. The Morgan fingerprint density at radius 2 is 1.88 bits per heavy atom. The molecule has 0 bridgehead atoms. The maximum atomic E-state index is 13.3. The molecule has 2 saturated heterocycles. The molecule has 5 nitrogen and oxygen atoms in total. The van der Waals surface area contributed by atoms with Gasteiger partial charge in [-0.1, -0.05) is 19.1 Å². The number of nitrogens with zero attached hydrogens (tertiary/aromatic N) is 2. The molecule has 0 saturated carbocycles. The first-order valence-electron chi connectivity index (χ1n) is 9.52. The number of carbonyl (C=O) groups is 1. The maximum absolute atomic E-state index is 13.3. The maximum Gasteiger partial charge on any atom is 0.257 e. The Kier molecular flexibility index (Phi) is 6.32. The van der Waals surface area contributed by atoms with Gasteiger partial charge in [0.1, 0.15) is 12.4 Å². The van der Waals surface area contributed by atoms with E-state index in [0.717, 1.165) is 32.5 Å². The standard InChI is InChI=1S/C20H30N2O3/c1-3-21-12-6-9-17(21)18-10-7-13-22(18)20(23)16-8-4-5-11-19(16)25-15-14-24-2/h4-5,8,11,17-18H,3,6-7,9-10,12-15H2,1-2H3/t17-,18-/m1/s1. The van der Waals surface area contributed by atoms with Crippen molar-refractivity contribution in [3.63, 3.8) is 0 Å². The number of hydrogen-bond acceptors (Lipinski definition) is 4. The normalized spacial score (nSPS) is 24.0. The Morgan fingerprint density at radius 1 is 1.12 bits per heavy atom. The van der Waals surface area contributed by atoms with E-state index in [9.17, 15) is 4.79 Å². The fourth-order valence-electron chi connectivity index (χ4n) is 4.28. The Bertz CT molecular complexity index is 578. The summed E-state index contributed by atoms with van der Waals surface area (Å²) in [5.41, 5.74) is 0.673. The minimum absolute atomic E-state index is 0.110. The molecule has 2 fully saturated rings. The second-order valence-electron chi connectivity index (χ2n) is 6.88. The topological polar surface area (TPSA) is 42.0 Å². The lowest BCUT2D eigenvalue weighted by Gasteiger charge is -2.34. The van der Waals surface area contributed by atoms with Crippen LogP contribution >= 0.6 is 0 Å². The van der Waals surface area contributed by atoms with Crippen LogP contribution in [0.15, 0.2) is 24.3 Å². The quantitative estimate of drug-likeness (QED) is 0.712. The highest BCUT2D eigenvalue weighted by molar-refractivity contribution is 5.97. The van der Waals surface area contributed by atoms with Crippen LogP contribution in [0.25, 0.3) is 0 Å². The van der Waals surface area contributed by atoms with Crippen molar-refractivity contribution in [3.05, 3.63) is 29.8 Å². The predicted molar refractivity (Wildman–Crippen MR) is 98.1 cm³/mol. The van der Waals surface area contributed by atoms with Crippen molar-refractivity contribution in [3.8, 4) is 5.75 Å². The molecule has 2 aliphatic heterocycles. The zero-order chi connectivity index (χ0) is 17.6. The molecule has 1 amide bonds. The summed E-state index contributed by atoms with van der Waals surface area (Å²) in [7, 11) is 1.65. The predicted octanol–water partition coefficient (Wildman–Crippen LogP) is 2.80. The van der Waals surface area contributed by atoms with Crippen LogP contribution in [0, 0.1) is 0 Å². The van der Waals surface area contributed by atoms with Gasteiger partial charge in [-0.3, -0.25) is 9.69 Å². The van der Waals surface area contributed by atoms with Crippen LogP contribution in [0.3, 0.4) is 0 Å². The van der Waals surface area contributed by atoms with E-state index < -0.39 is 0 Å². The summed E-state index contributed by atoms with van der Waals surface area (Å²) in [6.07, 6.45) is 4.65. The summed E-state index contributed by atoms with van der Waals surface area (Å²) in [5.74, 6) is 0.771. The molecule has 138 valence electrons. The van der Waals surface area contributed by atoms with Crippen molar-refractivity contribution in [2.24, 2.45) is 0 Å². The molecule has 0 radical (unpaired) electrons. The van der Waals surface area contributed by atoms with Crippen LogP contribution in [0.4, 0.5) is 0 Å². The van der Waals surface area contributed by atoms with E-state index in [1.165, 1.54) is 12.8 Å². The molecule has 2 aliphatic rings. The Balaban J connectivity index is 1.75. The van der Waals surface area contributed by atoms with E-state index in [1.807, 2.05) is 24.3 Å². The van der Waals surface area contributed by atoms with Gasteiger partial charge in [-0.15, -0.1) is 0 Å². The summed E-state index contributed by atoms with van der Waals surface area (Å²) in [5, 5.41) is 0. The van der Waals surface area contributed by atoms with Crippen LogP contribution < -0.4 is 4.74 Å². The van der Waals surface area contributed by atoms with Crippen molar-refractivity contribution in [2.45, 2.75) is 44.7 Å². The SMILES string of the molecule is CCN1CCC[C@@H]1[C@H]1CCCN1C(=O)c1ccccc1OCCOC. The van der Waals surface area contributed by atoms with E-state index in [4.69, 9.17) is 9.47 Å². The summed E-state index contributed by atoms with van der Waals surface area (Å²) >= 11 is 0. The number of amides is 1. The third-order valence-electron chi connectivity index (χ3n) is 5.49. The number of benzene rings is 1. The molecule has 0 unspecified atom stereocenters. The first-order valence-corrected chi connectivity index (χ1v) is 9.52. The number of rotatable bonds is 7. The fourth-order valence-corrected chi connectivity index (χ4v) is 4.28. The summed E-state index contributed by atoms with van der Waals surface area (Å²) in [6.45, 7) is 6.28.